The summed E-state index contributed by atoms with van der Waals surface area (Å²) in [5.74, 6) is -0.876. The lowest BCUT2D eigenvalue weighted by atomic mass is 10.2. The zero-order valence-electron chi connectivity index (χ0n) is 11.8. The molecule has 0 aromatic rings. The highest BCUT2D eigenvalue weighted by Crippen LogP contribution is 1.99. The maximum Gasteiger partial charge on any atom is 0.332 e. The Kier molecular flexibility index (Phi) is 17.8. The van der Waals surface area contributed by atoms with Gasteiger partial charge in [0.25, 0.3) is 0 Å². The van der Waals surface area contributed by atoms with Crippen LogP contribution in [0.5, 0.6) is 0 Å². The van der Waals surface area contributed by atoms with Gasteiger partial charge in [0, 0.05) is 21.3 Å². The van der Waals surface area contributed by atoms with Gasteiger partial charge >= 0.3 is 5.97 Å². The maximum atomic E-state index is 10.2. The lowest BCUT2D eigenvalue weighted by Gasteiger charge is -2.06. The summed E-state index contributed by atoms with van der Waals surface area (Å²) in [6.07, 6.45) is 0.811. The van der Waals surface area contributed by atoms with Crippen LogP contribution in [0.15, 0.2) is 0 Å². The molecule has 0 fully saturated rings. The van der Waals surface area contributed by atoms with Crippen LogP contribution in [0, 0.1) is 0 Å². The zero-order valence-corrected chi connectivity index (χ0v) is 11.8. The fourth-order valence-corrected chi connectivity index (χ4v) is 0.991. The van der Waals surface area contributed by atoms with E-state index in [1.54, 1.807) is 14.2 Å². The Balaban J connectivity index is 0. The Bertz CT molecular complexity index is 168. The second-order valence-electron chi connectivity index (χ2n) is 3.45. The summed E-state index contributed by atoms with van der Waals surface area (Å²) >= 11 is 0. The third kappa shape index (κ3) is 15.3. The molecule has 1 unspecified atom stereocenters. The molecule has 0 aliphatic carbocycles. The highest BCUT2D eigenvalue weighted by atomic mass is 16.5. The van der Waals surface area contributed by atoms with Crippen LogP contribution in [0.1, 0.15) is 19.8 Å². The van der Waals surface area contributed by atoms with Crippen LogP contribution in [0.2, 0.25) is 0 Å². The number of methoxy groups -OCH3 is 3. The van der Waals surface area contributed by atoms with Crippen LogP contribution < -0.4 is 0 Å². The van der Waals surface area contributed by atoms with E-state index in [2.05, 4.69) is 4.74 Å². The fourth-order valence-electron chi connectivity index (χ4n) is 0.991. The number of ether oxygens (including phenoxy) is 4. The van der Waals surface area contributed by atoms with Gasteiger partial charge in [0.15, 0.2) is 6.10 Å². The van der Waals surface area contributed by atoms with Crippen LogP contribution in [0.4, 0.5) is 0 Å². The van der Waals surface area contributed by atoms with Gasteiger partial charge in [-0.3, -0.25) is 0 Å². The Morgan fingerprint density at radius 2 is 1.56 bits per heavy atom. The molecule has 18 heavy (non-hydrogen) atoms. The highest BCUT2D eigenvalue weighted by molar-refractivity contribution is 5.72. The maximum absolute atomic E-state index is 10.2. The zero-order chi connectivity index (χ0) is 14.2. The lowest BCUT2D eigenvalue weighted by molar-refractivity contribution is -0.148. The van der Waals surface area contributed by atoms with Crippen LogP contribution in [-0.2, 0) is 23.7 Å². The molecule has 0 aliphatic rings. The number of hydrogen-bond acceptors (Lipinski definition) is 5. The van der Waals surface area contributed by atoms with E-state index < -0.39 is 12.1 Å². The van der Waals surface area contributed by atoms with Gasteiger partial charge in [-0.2, -0.15) is 0 Å². The third-order valence-corrected chi connectivity index (χ3v) is 1.97. The molecule has 6 heteroatoms. The van der Waals surface area contributed by atoms with Crippen LogP contribution in [-0.4, -0.2) is 64.9 Å². The number of carbonyl (C=O) groups is 1. The second kappa shape index (κ2) is 16.3. The first kappa shape index (κ1) is 19.6. The van der Waals surface area contributed by atoms with Gasteiger partial charge in [0.2, 0.25) is 0 Å². The Labute approximate surface area is 109 Å². The molecule has 0 aromatic heterocycles. The first-order valence-corrected chi connectivity index (χ1v) is 5.95. The normalized spacial score (nSPS) is 11.6. The van der Waals surface area contributed by atoms with Crippen molar-refractivity contribution in [1.82, 2.24) is 0 Å². The van der Waals surface area contributed by atoms with E-state index in [0.717, 1.165) is 6.42 Å². The van der Waals surface area contributed by atoms with Crippen molar-refractivity contribution in [2.45, 2.75) is 25.9 Å². The van der Waals surface area contributed by atoms with Crippen LogP contribution in [0.25, 0.3) is 0 Å². The lowest BCUT2D eigenvalue weighted by Crippen LogP contribution is -2.21. The van der Waals surface area contributed by atoms with Crippen molar-refractivity contribution in [2.24, 2.45) is 0 Å². The van der Waals surface area contributed by atoms with Gasteiger partial charge in [-0.15, -0.1) is 0 Å². The number of aliphatic carboxylic acids is 1. The van der Waals surface area contributed by atoms with Gasteiger partial charge in [-0.05, 0) is 6.42 Å². The summed E-state index contributed by atoms with van der Waals surface area (Å²) in [7, 11) is 4.72. The van der Waals surface area contributed by atoms with Crippen LogP contribution in [0.3, 0.4) is 0 Å². The molecule has 0 heterocycles. The topological polar surface area (TPSA) is 74.2 Å². The minimum Gasteiger partial charge on any atom is -0.479 e. The summed E-state index contributed by atoms with van der Waals surface area (Å²) in [6.45, 7) is 4.54. The number of carboxylic acid groups (broad SMARTS) is 1. The minimum atomic E-state index is -0.876. The van der Waals surface area contributed by atoms with Crippen molar-refractivity contribution in [2.75, 3.05) is 47.8 Å². The number of rotatable bonds is 10. The quantitative estimate of drug-likeness (QED) is 0.599. The molecule has 0 bridgehead atoms. The second-order valence-corrected chi connectivity index (χ2v) is 3.45. The molecule has 0 aliphatic heterocycles. The monoisotopic (exact) mass is 266 g/mol. The summed E-state index contributed by atoms with van der Waals surface area (Å²) in [5.41, 5.74) is 0. The summed E-state index contributed by atoms with van der Waals surface area (Å²) in [6, 6.07) is 0. The van der Waals surface area contributed by atoms with E-state index in [1.165, 1.54) is 7.11 Å². The molecule has 110 valence electrons. The summed E-state index contributed by atoms with van der Waals surface area (Å²) in [5, 5.41) is 8.38. The SMILES string of the molecule is CCCC(OC)C(=O)O.COCCOCCOC. The number of carboxylic acids is 1. The summed E-state index contributed by atoms with van der Waals surface area (Å²) < 4.78 is 19.2. The molecular weight excluding hydrogens is 240 g/mol. The molecule has 0 radical (unpaired) electrons. The molecule has 0 amide bonds. The van der Waals surface area contributed by atoms with E-state index in [9.17, 15) is 4.79 Å². The highest BCUT2D eigenvalue weighted by Gasteiger charge is 2.13. The predicted molar refractivity (Wildman–Crippen MR) is 67.9 cm³/mol. The first-order valence-electron chi connectivity index (χ1n) is 5.95. The van der Waals surface area contributed by atoms with Crippen molar-refractivity contribution in [3.8, 4) is 0 Å². The standard InChI is InChI=1S/C6H14O3.C6H12O3/c1-7-3-5-9-6-4-8-2;1-3-4-5(9-2)6(7)8/h3-6H2,1-2H3;5H,3-4H2,1-2H3,(H,7,8). The van der Waals surface area contributed by atoms with Crippen molar-refractivity contribution in [3.63, 3.8) is 0 Å². The number of hydrogen-bond donors (Lipinski definition) is 1. The van der Waals surface area contributed by atoms with E-state index >= 15 is 0 Å². The van der Waals surface area contributed by atoms with E-state index in [0.29, 0.717) is 32.8 Å². The molecule has 1 atom stereocenters. The predicted octanol–water partition coefficient (Wildman–Crippen LogP) is 1.18. The Hall–Kier alpha value is -0.690. The van der Waals surface area contributed by atoms with Gasteiger partial charge in [-0.25, -0.2) is 4.79 Å². The van der Waals surface area contributed by atoms with Crippen LogP contribution >= 0.6 is 0 Å². The van der Waals surface area contributed by atoms with Crippen molar-refractivity contribution < 1.29 is 28.8 Å². The molecular formula is C12H26O6. The van der Waals surface area contributed by atoms with Gasteiger partial charge in [0.05, 0.1) is 26.4 Å². The van der Waals surface area contributed by atoms with Crippen molar-refractivity contribution >= 4 is 5.97 Å². The molecule has 1 N–H and O–H groups in total. The van der Waals surface area contributed by atoms with Crippen molar-refractivity contribution in [3.05, 3.63) is 0 Å². The van der Waals surface area contributed by atoms with Crippen molar-refractivity contribution in [1.29, 1.82) is 0 Å². The molecule has 0 saturated heterocycles. The van der Waals surface area contributed by atoms with E-state index in [1.807, 2.05) is 6.92 Å². The fraction of sp³-hybridized carbons (Fsp3) is 0.917. The average molecular weight is 266 g/mol. The smallest absolute Gasteiger partial charge is 0.332 e. The molecule has 0 spiro atoms. The molecule has 0 aromatic carbocycles. The van der Waals surface area contributed by atoms with Gasteiger partial charge in [-0.1, -0.05) is 13.3 Å². The molecule has 0 saturated carbocycles. The largest absolute Gasteiger partial charge is 0.479 e. The average Bonchev–Trinajstić information content (AvgIpc) is 2.36. The first-order chi connectivity index (χ1) is 8.63. The van der Waals surface area contributed by atoms with E-state index in [-0.39, 0.29) is 0 Å². The molecule has 0 rings (SSSR count). The Morgan fingerprint density at radius 1 is 1.06 bits per heavy atom. The summed E-state index contributed by atoms with van der Waals surface area (Å²) in [4.78, 5) is 10.2. The van der Waals surface area contributed by atoms with Gasteiger partial charge in [0.1, 0.15) is 0 Å². The third-order valence-electron chi connectivity index (χ3n) is 1.97. The van der Waals surface area contributed by atoms with E-state index in [4.69, 9.17) is 19.3 Å². The molecule has 6 nitrogen and oxygen atoms in total. The Morgan fingerprint density at radius 3 is 1.78 bits per heavy atom. The minimum absolute atomic E-state index is 0.589. The van der Waals surface area contributed by atoms with Gasteiger partial charge < -0.3 is 24.1 Å².